The summed E-state index contributed by atoms with van der Waals surface area (Å²) in [7, 11) is 1.78. The van der Waals surface area contributed by atoms with Crippen molar-refractivity contribution in [3.8, 4) is 0 Å². The smallest absolute Gasteiger partial charge is 0.291 e. The van der Waals surface area contributed by atoms with Gasteiger partial charge >= 0.3 is 5.69 Å². The van der Waals surface area contributed by atoms with Crippen molar-refractivity contribution < 1.29 is 0 Å². The van der Waals surface area contributed by atoms with E-state index in [0.717, 1.165) is 21.4 Å². The molecule has 7 heteroatoms. The van der Waals surface area contributed by atoms with Gasteiger partial charge in [0.25, 0.3) is 0 Å². The Morgan fingerprint density at radius 2 is 1.89 bits per heavy atom. The summed E-state index contributed by atoms with van der Waals surface area (Å²) >= 11 is 9.64. The van der Waals surface area contributed by atoms with Crippen LogP contribution in [-0.2, 0) is 13.6 Å². The van der Waals surface area contributed by atoms with Crippen LogP contribution < -0.4 is 5.69 Å². The van der Waals surface area contributed by atoms with Crippen molar-refractivity contribution in [3.05, 3.63) is 42.8 Å². The lowest BCUT2D eigenvalue weighted by atomic mass is 10.2. The van der Waals surface area contributed by atoms with E-state index in [2.05, 4.69) is 26.0 Å². The first-order chi connectivity index (χ1) is 8.82. The Morgan fingerprint density at radius 1 is 1.26 bits per heavy atom. The van der Waals surface area contributed by atoms with Crippen LogP contribution in [0.4, 0.5) is 0 Å². The van der Waals surface area contributed by atoms with E-state index < -0.39 is 0 Å². The molecule has 2 rings (SSSR count). The lowest BCUT2D eigenvalue weighted by Crippen LogP contribution is -2.27. The minimum atomic E-state index is -0.280. The third kappa shape index (κ3) is 2.47. The van der Waals surface area contributed by atoms with Crippen molar-refractivity contribution in [2.75, 3.05) is 0 Å². The number of aryl methyl sites for hydroxylation is 3. The zero-order chi connectivity index (χ0) is 14.3. The first-order valence-corrected chi connectivity index (χ1v) is 6.91. The fraction of sp³-hybridized carbons (Fsp3) is 0.417. The van der Waals surface area contributed by atoms with Crippen LogP contribution in [0, 0.1) is 20.8 Å². The summed E-state index contributed by atoms with van der Waals surface area (Å²) in [6, 6.07) is 0. The average molecular weight is 346 g/mol. The fourth-order valence-corrected chi connectivity index (χ4v) is 2.51. The summed E-state index contributed by atoms with van der Waals surface area (Å²) < 4.78 is 4.03. The molecule has 0 aliphatic rings. The second kappa shape index (κ2) is 5.09. The molecular formula is C12H14BrClN4O. The molecule has 0 unspecified atom stereocenters. The van der Waals surface area contributed by atoms with Crippen LogP contribution in [0.3, 0.4) is 0 Å². The molecule has 2 heterocycles. The van der Waals surface area contributed by atoms with Gasteiger partial charge in [-0.2, -0.15) is 10.1 Å². The van der Waals surface area contributed by atoms with E-state index in [-0.39, 0.29) is 5.69 Å². The largest absolute Gasteiger partial charge is 0.348 e. The summed E-state index contributed by atoms with van der Waals surface area (Å²) in [6.07, 6.45) is 0. The number of rotatable bonds is 2. The van der Waals surface area contributed by atoms with Crippen molar-refractivity contribution in [2.24, 2.45) is 7.05 Å². The molecule has 0 amide bonds. The zero-order valence-corrected chi connectivity index (χ0v) is 13.5. The summed E-state index contributed by atoms with van der Waals surface area (Å²) in [4.78, 5) is 16.0. The molecule has 0 aliphatic heterocycles. The van der Waals surface area contributed by atoms with Gasteiger partial charge in [0.2, 0.25) is 0 Å². The third-order valence-corrected chi connectivity index (χ3v) is 4.74. The van der Waals surface area contributed by atoms with Gasteiger partial charge in [-0.15, -0.1) is 0 Å². The van der Waals surface area contributed by atoms with Crippen molar-refractivity contribution in [1.82, 2.24) is 19.3 Å². The molecule has 0 aromatic carbocycles. The van der Waals surface area contributed by atoms with E-state index in [9.17, 15) is 4.79 Å². The summed E-state index contributed by atoms with van der Waals surface area (Å²) in [5.74, 6) is 0. The van der Waals surface area contributed by atoms with Gasteiger partial charge in [0, 0.05) is 18.3 Å². The number of aromatic nitrogens is 4. The second-order valence-corrected chi connectivity index (χ2v) is 5.59. The van der Waals surface area contributed by atoms with Gasteiger partial charge < -0.3 is 0 Å². The Morgan fingerprint density at radius 3 is 2.42 bits per heavy atom. The van der Waals surface area contributed by atoms with Gasteiger partial charge in [0.05, 0.1) is 22.4 Å². The average Bonchev–Trinajstić information content (AvgIpc) is 2.57. The highest BCUT2D eigenvalue weighted by molar-refractivity contribution is 9.10. The van der Waals surface area contributed by atoms with Gasteiger partial charge in [-0.05, 0) is 36.7 Å². The van der Waals surface area contributed by atoms with Crippen molar-refractivity contribution >= 4 is 27.5 Å². The summed E-state index contributed by atoms with van der Waals surface area (Å²) in [5, 5.41) is 4.79. The molecule has 2 aromatic heterocycles. The number of hydrogen-bond acceptors (Lipinski definition) is 3. The Bertz CT molecular complexity index is 705. The molecule has 102 valence electrons. The topological polar surface area (TPSA) is 52.7 Å². The Balaban J connectivity index is 2.56. The predicted octanol–water partition coefficient (Wildman–Crippen LogP) is 2.37. The van der Waals surface area contributed by atoms with Crippen LogP contribution in [0.5, 0.6) is 0 Å². The minimum absolute atomic E-state index is 0.280. The van der Waals surface area contributed by atoms with Gasteiger partial charge in [0.15, 0.2) is 0 Å². The quantitative estimate of drug-likeness (QED) is 0.839. The maximum atomic E-state index is 12.0. The van der Waals surface area contributed by atoms with Crippen molar-refractivity contribution in [2.45, 2.75) is 27.3 Å². The standard InChI is InChI=1S/C12H14BrClN4O/c1-6-9(11(14)17(4)16-6)5-18-8(3)10(13)7(2)15-12(18)19/h5H2,1-4H3. The molecule has 0 atom stereocenters. The molecule has 0 aliphatic carbocycles. The van der Waals surface area contributed by atoms with Crippen LogP contribution in [0.15, 0.2) is 9.27 Å². The number of hydrogen-bond donors (Lipinski definition) is 0. The van der Waals surface area contributed by atoms with E-state index in [1.165, 1.54) is 0 Å². The maximum Gasteiger partial charge on any atom is 0.348 e. The number of nitrogens with zero attached hydrogens (tertiary/aromatic N) is 4. The van der Waals surface area contributed by atoms with Crippen LogP contribution in [0.2, 0.25) is 5.15 Å². The predicted molar refractivity (Wildman–Crippen MR) is 77.7 cm³/mol. The zero-order valence-electron chi connectivity index (χ0n) is 11.2. The highest BCUT2D eigenvalue weighted by Crippen LogP contribution is 2.22. The number of halogens is 2. The second-order valence-electron chi connectivity index (χ2n) is 4.44. The molecule has 0 spiro atoms. The molecule has 0 fully saturated rings. The Hall–Kier alpha value is -1.14. The molecule has 2 aromatic rings. The van der Waals surface area contributed by atoms with E-state index in [4.69, 9.17) is 11.6 Å². The molecule has 0 radical (unpaired) electrons. The Kier molecular flexibility index (Phi) is 3.82. The van der Waals surface area contributed by atoms with Crippen molar-refractivity contribution in [3.63, 3.8) is 0 Å². The van der Waals surface area contributed by atoms with Crippen LogP contribution in [-0.4, -0.2) is 19.3 Å². The molecule has 0 saturated heterocycles. The first kappa shape index (κ1) is 14.3. The van der Waals surface area contributed by atoms with E-state index in [0.29, 0.717) is 17.4 Å². The highest BCUT2D eigenvalue weighted by Gasteiger charge is 2.15. The lowest BCUT2D eigenvalue weighted by Gasteiger charge is -2.12. The molecular weight excluding hydrogens is 332 g/mol. The molecule has 5 nitrogen and oxygen atoms in total. The summed E-state index contributed by atoms with van der Waals surface area (Å²) in [6.45, 7) is 5.91. The summed E-state index contributed by atoms with van der Waals surface area (Å²) in [5.41, 5.74) is 2.89. The molecule has 0 bridgehead atoms. The Labute approximate surface area is 124 Å². The third-order valence-electron chi connectivity index (χ3n) is 3.12. The SMILES string of the molecule is Cc1nc(=O)n(Cc2c(C)nn(C)c2Cl)c(C)c1Br. The maximum absolute atomic E-state index is 12.0. The van der Waals surface area contributed by atoms with Gasteiger partial charge in [-0.25, -0.2) is 4.79 Å². The van der Waals surface area contributed by atoms with Gasteiger partial charge in [-0.1, -0.05) is 11.6 Å². The molecule has 0 saturated carbocycles. The van der Waals surface area contributed by atoms with Crippen LogP contribution in [0.25, 0.3) is 0 Å². The molecule has 0 N–H and O–H groups in total. The minimum Gasteiger partial charge on any atom is -0.291 e. The van der Waals surface area contributed by atoms with Gasteiger partial charge in [-0.3, -0.25) is 9.25 Å². The van der Waals surface area contributed by atoms with Gasteiger partial charge in [0.1, 0.15) is 5.15 Å². The van der Waals surface area contributed by atoms with E-state index in [1.807, 2.05) is 13.8 Å². The fourth-order valence-electron chi connectivity index (χ4n) is 1.97. The van der Waals surface area contributed by atoms with Crippen LogP contribution in [0.1, 0.15) is 22.6 Å². The highest BCUT2D eigenvalue weighted by atomic mass is 79.9. The lowest BCUT2D eigenvalue weighted by molar-refractivity contribution is 0.685. The first-order valence-electron chi connectivity index (χ1n) is 5.74. The molecule has 19 heavy (non-hydrogen) atoms. The normalized spacial score (nSPS) is 11.1. The monoisotopic (exact) mass is 344 g/mol. The van der Waals surface area contributed by atoms with E-state index >= 15 is 0 Å². The van der Waals surface area contributed by atoms with Crippen molar-refractivity contribution in [1.29, 1.82) is 0 Å². The van der Waals surface area contributed by atoms with Crippen LogP contribution >= 0.6 is 27.5 Å². The van der Waals surface area contributed by atoms with E-state index in [1.54, 1.807) is 23.2 Å².